The minimum atomic E-state index is 0.0226. The zero-order valence-corrected chi connectivity index (χ0v) is 10.3. The molecule has 0 spiro atoms. The highest BCUT2D eigenvalue weighted by molar-refractivity contribution is 5.76. The molecule has 1 fully saturated rings. The summed E-state index contributed by atoms with van der Waals surface area (Å²) in [5.41, 5.74) is 0. The van der Waals surface area contributed by atoms with Crippen molar-refractivity contribution < 1.29 is 9.53 Å². The summed E-state index contributed by atoms with van der Waals surface area (Å²) in [4.78, 5) is 21.6. The first-order valence-corrected chi connectivity index (χ1v) is 6.11. The predicted octanol–water partition coefficient (Wildman–Crippen LogP) is 1.42. The van der Waals surface area contributed by atoms with E-state index < -0.39 is 0 Å². The van der Waals surface area contributed by atoms with Gasteiger partial charge in [0.05, 0.1) is 12.7 Å². The highest BCUT2D eigenvalue weighted by Gasteiger charge is 2.27. The normalized spacial score (nSPS) is 18.7. The lowest BCUT2D eigenvalue weighted by molar-refractivity contribution is -0.130. The van der Waals surface area contributed by atoms with Crippen molar-refractivity contribution in [3.05, 3.63) is 31.2 Å². The zero-order chi connectivity index (χ0) is 12.8. The van der Waals surface area contributed by atoms with Crippen LogP contribution in [0.1, 0.15) is 19.3 Å². The molecule has 0 aliphatic carbocycles. The Labute approximate surface area is 106 Å². The van der Waals surface area contributed by atoms with Crippen LogP contribution >= 0.6 is 0 Å². The molecule has 1 saturated heterocycles. The van der Waals surface area contributed by atoms with Crippen LogP contribution in [0, 0.1) is 0 Å². The second kappa shape index (κ2) is 6.14. The molecular formula is C13H17N3O2. The summed E-state index contributed by atoms with van der Waals surface area (Å²) in [6, 6.07) is 0. The molecule has 96 valence electrons. The fraction of sp³-hybridized carbons (Fsp3) is 0.462. The Morgan fingerprint density at radius 2 is 2.50 bits per heavy atom. The second-order valence-electron chi connectivity index (χ2n) is 4.24. The highest BCUT2D eigenvalue weighted by Crippen LogP contribution is 2.16. The van der Waals surface area contributed by atoms with Crippen molar-refractivity contribution in [1.29, 1.82) is 0 Å². The fourth-order valence-electron chi connectivity index (χ4n) is 1.95. The lowest BCUT2D eigenvalue weighted by atomic mass is 10.3. The third-order valence-corrected chi connectivity index (χ3v) is 2.89. The molecule has 1 aliphatic heterocycles. The van der Waals surface area contributed by atoms with Crippen LogP contribution in [0.5, 0.6) is 5.88 Å². The van der Waals surface area contributed by atoms with Crippen LogP contribution in [0.15, 0.2) is 31.2 Å². The minimum Gasteiger partial charge on any atom is -0.471 e. The van der Waals surface area contributed by atoms with Crippen molar-refractivity contribution in [2.75, 3.05) is 13.1 Å². The molecule has 1 aliphatic rings. The summed E-state index contributed by atoms with van der Waals surface area (Å²) < 4.78 is 5.67. The molecule has 0 N–H and O–H groups in total. The number of hydrogen-bond donors (Lipinski definition) is 0. The largest absolute Gasteiger partial charge is 0.471 e. The second-order valence-corrected chi connectivity index (χ2v) is 4.24. The number of carbonyl (C=O) groups excluding carboxylic acids is 1. The van der Waals surface area contributed by atoms with Crippen LogP contribution in [0.25, 0.3) is 0 Å². The Hall–Kier alpha value is -1.91. The average Bonchev–Trinajstić information content (AvgIpc) is 2.86. The number of aromatic nitrogens is 2. The van der Waals surface area contributed by atoms with Crippen LogP contribution in [0.4, 0.5) is 0 Å². The van der Waals surface area contributed by atoms with E-state index in [0.717, 1.165) is 19.4 Å². The van der Waals surface area contributed by atoms with E-state index in [0.29, 0.717) is 18.8 Å². The molecule has 0 radical (unpaired) electrons. The maximum absolute atomic E-state index is 11.8. The summed E-state index contributed by atoms with van der Waals surface area (Å²) in [7, 11) is 0. The van der Waals surface area contributed by atoms with Gasteiger partial charge in [-0.25, -0.2) is 4.98 Å². The van der Waals surface area contributed by atoms with Crippen LogP contribution < -0.4 is 4.74 Å². The van der Waals surface area contributed by atoms with Crippen molar-refractivity contribution in [2.45, 2.75) is 25.4 Å². The molecule has 0 bridgehead atoms. The van der Waals surface area contributed by atoms with Gasteiger partial charge in [0.2, 0.25) is 11.8 Å². The van der Waals surface area contributed by atoms with E-state index in [1.807, 2.05) is 4.90 Å². The third-order valence-electron chi connectivity index (χ3n) is 2.89. The Bertz CT molecular complexity index is 408. The third kappa shape index (κ3) is 3.29. The zero-order valence-electron chi connectivity index (χ0n) is 10.3. The molecule has 5 nitrogen and oxygen atoms in total. The van der Waals surface area contributed by atoms with Gasteiger partial charge < -0.3 is 9.64 Å². The summed E-state index contributed by atoms with van der Waals surface area (Å²) in [5, 5.41) is 0. The van der Waals surface area contributed by atoms with Crippen LogP contribution in [0.3, 0.4) is 0 Å². The molecule has 1 aromatic rings. The molecule has 1 aromatic heterocycles. The van der Waals surface area contributed by atoms with E-state index in [9.17, 15) is 4.79 Å². The fourth-order valence-corrected chi connectivity index (χ4v) is 1.95. The monoisotopic (exact) mass is 247 g/mol. The lowest BCUT2D eigenvalue weighted by Crippen LogP contribution is -2.30. The summed E-state index contributed by atoms with van der Waals surface area (Å²) >= 11 is 0. The molecule has 1 unspecified atom stereocenters. The lowest BCUT2D eigenvalue weighted by Gasteiger charge is -2.16. The van der Waals surface area contributed by atoms with Crippen molar-refractivity contribution >= 4 is 5.91 Å². The maximum atomic E-state index is 11.8. The molecule has 5 heteroatoms. The Morgan fingerprint density at radius 3 is 3.22 bits per heavy atom. The van der Waals surface area contributed by atoms with E-state index >= 15 is 0 Å². The summed E-state index contributed by atoms with van der Waals surface area (Å²) in [6.07, 6.45) is 8.67. The van der Waals surface area contributed by atoms with Crippen LogP contribution in [-0.2, 0) is 4.79 Å². The summed E-state index contributed by atoms with van der Waals surface area (Å²) in [6.45, 7) is 5.00. The maximum Gasteiger partial charge on any atom is 0.232 e. The van der Waals surface area contributed by atoms with Gasteiger partial charge in [0, 0.05) is 31.8 Å². The van der Waals surface area contributed by atoms with Crippen molar-refractivity contribution in [1.82, 2.24) is 14.9 Å². The highest BCUT2D eigenvalue weighted by atomic mass is 16.5. The van der Waals surface area contributed by atoms with Gasteiger partial charge >= 0.3 is 0 Å². The number of carbonyl (C=O) groups is 1. The van der Waals surface area contributed by atoms with Crippen LogP contribution in [-0.4, -0.2) is 40.0 Å². The first kappa shape index (κ1) is 12.5. The molecule has 0 aromatic carbocycles. The molecule has 1 atom stereocenters. The molecule has 2 heterocycles. The van der Waals surface area contributed by atoms with Crippen molar-refractivity contribution in [3.63, 3.8) is 0 Å². The first-order valence-electron chi connectivity index (χ1n) is 6.11. The van der Waals surface area contributed by atoms with E-state index in [-0.39, 0.29) is 12.0 Å². The van der Waals surface area contributed by atoms with Gasteiger partial charge in [-0.3, -0.25) is 9.78 Å². The Morgan fingerprint density at radius 1 is 1.61 bits per heavy atom. The average molecular weight is 247 g/mol. The predicted molar refractivity (Wildman–Crippen MR) is 67.1 cm³/mol. The van der Waals surface area contributed by atoms with Gasteiger partial charge in [0.25, 0.3) is 0 Å². The minimum absolute atomic E-state index is 0.0226. The number of nitrogens with zero attached hydrogens (tertiary/aromatic N) is 3. The van der Waals surface area contributed by atoms with E-state index in [1.54, 1.807) is 24.7 Å². The van der Waals surface area contributed by atoms with Crippen molar-refractivity contribution in [3.8, 4) is 5.88 Å². The van der Waals surface area contributed by atoms with Gasteiger partial charge in [-0.05, 0) is 6.42 Å². The number of hydrogen-bond acceptors (Lipinski definition) is 4. The van der Waals surface area contributed by atoms with Gasteiger partial charge in [-0.15, -0.1) is 6.58 Å². The topological polar surface area (TPSA) is 55.3 Å². The van der Waals surface area contributed by atoms with Crippen LogP contribution in [0.2, 0.25) is 0 Å². The molecule has 1 amide bonds. The van der Waals surface area contributed by atoms with Gasteiger partial charge in [0.15, 0.2) is 0 Å². The number of allylic oxidation sites excluding steroid dienone is 1. The number of ether oxygens (including phenoxy) is 1. The Kier molecular flexibility index (Phi) is 4.28. The van der Waals surface area contributed by atoms with E-state index in [2.05, 4.69) is 16.5 Å². The number of likely N-dealkylation sites (tertiary alicyclic amines) is 1. The first-order chi connectivity index (χ1) is 8.79. The Balaban J connectivity index is 1.81. The molecule has 2 rings (SSSR count). The summed E-state index contributed by atoms with van der Waals surface area (Å²) in [5.74, 6) is 0.683. The molecule has 18 heavy (non-hydrogen) atoms. The quantitative estimate of drug-likeness (QED) is 0.738. The molecule has 0 saturated carbocycles. The van der Waals surface area contributed by atoms with Gasteiger partial charge in [0.1, 0.15) is 6.10 Å². The SMILES string of the molecule is C=CCCC(=O)N1CCC(Oc2cnccn2)C1. The van der Waals surface area contributed by atoms with E-state index in [4.69, 9.17) is 4.74 Å². The van der Waals surface area contributed by atoms with Gasteiger partial charge in [-0.1, -0.05) is 6.08 Å². The number of rotatable bonds is 5. The van der Waals surface area contributed by atoms with Gasteiger partial charge in [-0.2, -0.15) is 0 Å². The standard InChI is InChI=1S/C13H17N3O2/c1-2-3-4-13(17)16-8-5-11(10-16)18-12-9-14-6-7-15-12/h2,6-7,9,11H,1,3-5,8,10H2. The molecular weight excluding hydrogens is 230 g/mol. The smallest absolute Gasteiger partial charge is 0.232 e. The van der Waals surface area contributed by atoms with E-state index in [1.165, 1.54) is 0 Å². The number of amides is 1. The van der Waals surface area contributed by atoms with Crippen molar-refractivity contribution in [2.24, 2.45) is 0 Å².